The van der Waals surface area contributed by atoms with Gasteiger partial charge < -0.3 is 10.2 Å². The molecule has 1 aliphatic carbocycles. The van der Waals surface area contributed by atoms with Crippen LogP contribution < -0.4 is 5.32 Å². The van der Waals surface area contributed by atoms with Gasteiger partial charge in [0.05, 0.1) is 6.04 Å². The van der Waals surface area contributed by atoms with Crippen molar-refractivity contribution in [3.05, 3.63) is 35.4 Å². The third-order valence-corrected chi connectivity index (χ3v) is 5.08. The molecule has 122 valence electrons. The summed E-state index contributed by atoms with van der Waals surface area (Å²) in [4.78, 5) is 14.6. The molecule has 1 aromatic carbocycles. The number of rotatable bonds is 6. The Morgan fingerprint density at radius 1 is 1.23 bits per heavy atom. The molecule has 0 radical (unpaired) electrons. The highest BCUT2D eigenvalue weighted by Crippen LogP contribution is 2.31. The summed E-state index contributed by atoms with van der Waals surface area (Å²) in [5.41, 5.74) is 2.52. The van der Waals surface area contributed by atoms with Crippen molar-refractivity contribution in [3.63, 3.8) is 0 Å². The lowest BCUT2D eigenvalue weighted by Crippen LogP contribution is -2.38. The maximum atomic E-state index is 12.4. The van der Waals surface area contributed by atoms with E-state index in [1.165, 1.54) is 36.8 Å². The zero-order valence-electron chi connectivity index (χ0n) is 14.4. The van der Waals surface area contributed by atoms with Crippen LogP contribution >= 0.6 is 0 Å². The van der Waals surface area contributed by atoms with Crippen LogP contribution in [0.25, 0.3) is 0 Å². The minimum absolute atomic E-state index is 0.142. The van der Waals surface area contributed by atoms with E-state index in [9.17, 15) is 4.79 Å². The van der Waals surface area contributed by atoms with Gasteiger partial charge in [-0.3, -0.25) is 4.79 Å². The molecular formula is C19H30N2O. The van der Waals surface area contributed by atoms with Gasteiger partial charge in [0.2, 0.25) is 5.91 Å². The molecule has 0 bridgehead atoms. The molecule has 2 rings (SSSR count). The van der Waals surface area contributed by atoms with Gasteiger partial charge in [0, 0.05) is 12.5 Å². The van der Waals surface area contributed by atoms with Crippen molar-refractivity contribution in [1.29, 1.82) is 0 Å². The first kappa shape index (κ1) is 17.0. The van der Waals surface area contributed by atoms with Crippen molar-refractivity contribution in [2.45, 2.75) is 45.6 Å². The van der Waals surface area contributed by atoms with Crippen LogP contribution in [0.1, 0.15) is 49.8 Å². The second-order valence-corrected chi connectivity index (χ2v) is 6.97. The highest BCUT2D eigenvalue weighted by Gasteiger charge is 2.27. The van der Waals surface area contributed by atoms with E-state index in [1.54, 1.807) is 0 Å². The topological polar surface area (TPSA) is 32.3 Å². The highest BCUT2D eigenvalue weighted by molar-refractivity contribution is 5.78. The fourth-order valence-corrected chi connectivity index (χ4v) is 3.42. The fourth-order valence-electron chi connectivity index (χ4n) is 3.42. The first-order chi connectivity index (χ1) is 10.5. The van der Waals surface area contributed by atoms with Crippen LogP contribution in [0.4, 0.5) is 0 Å². The summed E-state index contributed by atoms with van der Waals surface area (Å²) in [6.45, 7) is 4.85. The van der Waals surface area contributed by atoms with Crippen molar-refractivity contribution < 1.29 is 4.79 Å². The summed E-state index contributed by atoms with van der Waals surface area (Å²) in [6, 6.07) is 8.81. The Morgan fingerprint density at radius 3 is 2.36 bits per heavy atom. The lowest BCUT2D eigenvalue weighted by atomic mass is 9.92. The molecule has 3 nitrogen and oxygen atoms in total. The largest absolute Gasteiger partial charge is 0.354 e. The number of hydrogen-bond acceptors (Lipinski definition) is 2. The van der Waals surface area contributed by atoms with Gasteiger partial charge in [0.25, 0.3) is 0 Å². The quantitative estimate of drug-likeness (QED) is 0.871. The molecule has 0 heterocycles. The number of carbonyl (C=O) groups excluding carboxylic acids is 1. The molecular weight excluding hydrogens is 272 g/mol. The minimum atomic E-state index is 0.142. The molecule has 0 aromatic heterocycles. The first-order valence-corrected chi connectivity index (χ1v) is 8.49. The van der Waals surface area contributed by atoms with Crippen LogP contribution in [0.15, 0.2) is 24.3 Å². The SMILES string of the molecule is Cc1ccc(C(CNC(=O)C(C)C2CCCC2)N(C)C)cc1. The molecule has 1 amide bonds. The van der Waals surface area contributed by atoms with Crippen LogP contribution in [0, 0.1) is 18.8 Å². The van der Waals surface area contributed by atoms with E-state index in [2.05, 4.69) is 62.4 Å². The van der Waals surface area contributed by atoms with E-state index in [-0.39, 0.29) is 17.9 Å². The second kappa shape index (κ2) is 7.77. The number of benzene rings is 1. The Balaban J connectivity index is 1.93. The average molecular weight is 302 g/mol. The second-order valence-electron chi connectivity index (χ2n) is 6.97. The van der Waals surface area contributed by atoms with Gasteiger partial charge in [-0.2, -0.15) is 0 Å². The maximum absolute atomic E-state index is 12.4. The number of amides is 1. The van der Waals surface area contributed by atoms with Crippen molar-refractivity contribution in [1.82, 2.24) is 10.2 Å². The van der Waals surface area contributed by atoms with Crippen LogP contribution in [-0.4, -0.2) is 31.4 Å². The number of nitrogens with zero attached hydrogens (tertiary/aromatic N) is 1. The molecule has 1 aliphatic rings. The number of aryl methyl sites for hydroxylation is 1. The summed E-state index contributed by atoms with van der Waals surface area (Å²) >= 11 is 0. The third-order valence-electron chi connectivity index (χ3n) is 5.08. The van der Waals surface area contributed by atoms with Crippen molar-refractivity contribution in [2.75, 3.05) is 20.6 Å². The van der Waals surface area contributed by atoms with Gasteiger partial charge in [-0.15, -0.1) is 0 Å². The zero-order chi connectivity index (χ0) is 16.1. The van der Waals surface area contributed by atoms with E-state index >= 15 is 0 Å². The number of carbonyl (C=O) groups is 1. The number of hydrogen-bond donors (Lipinski definition) is 1. The fraction of sp³-hybridized carbons (Fsp3) is 0.632. The van der Waals surface area contributed by atoms with Crippen LogP contribution in [0.2, 0.25) is 0 Å². The molecule has 2 atom stereocenters. The first-order valence-electron chi connectivity index (χ1n) is 8.49. The predicted octanol–water partition coefficient (Wildman–Crippen LogP) is 3.54. The van der Waals surface area contributed by atoms with Crippen molar-refractivity contribution in [2.24, 2.45) is 11.8 Å². The molecule has 1 aromatic rings. The van der Waals surface area contributed by atoms with Crippen LogP contribution in [0.3, 0.4) is 0 Å². The molecule has 22 heavy (non-hydrogen) atoms. The Labute approximate surface area is 135 Å². The van der Waals surface area contributed by atoms with Gasteiger partial charge in [0.15, 0.2) is 0 Å². The molecule has 0 saturated heterocycles. The smallest absolute Gasteiger partial charge is 0.223 e. The molecule has 0 aliphatic heterocycles. The normalized spacial score (nSPS) is 18.4. The lowest BCUT2D eigenvalue weighted by molar-refractivity contribution is -0.126. The molecule has 2 unspecified atom stereocenters. The summed E-state index contributed by atoms with van der Waals surface area (Å²) in [5, 5.41) is 3.17. The average Bonchev–Trinajstić information content (AvgIpc) is 3.02. The monoisotopic (exact) mass is 302 g/mol. The minimum Gasteiger partial charge on any atom is -0.354 e. The van der Waals surface area contributed by atoms with Gasteiger partial charge in [0.1, 0.15) is 0 Å². The van der Waals surface area contributed by atoms with Gasteiger partial charge >= 0.3 is 0 Å². The van der Waals surface area contributed by atoms with E-state index in [0.717, 1.165) is 0 Å². The molecule has 3 heteroatoms. The summed E-state index contributed by atoms with van der Waals surface area (Å²) < 4.78 is 0. The Kier molecular flexibility index (Phi) is 6.01. The molecule has 0 spiro atoms. The van der Waals surface area contributed by atoms with E-state index in [4.69, 9.17) is 0 Å². The van der Waals surface area contributed by atoms with Gasteiger partial charge in [-0.05, 0) is 45.3 Å². The predicted molar refractivity (Wildman–Crippen MR) is 91.7 cm³/mol. The summed E-state index contributed by atoms with van der Waals surface area (Å²) in [6.07, 6.45) is 4.99. The molecule has 1 N–H and O–H groups in total. The zero-order valence-corrected chi connectivity index (χ0v) is 14.4. The van der Waals surface area contributed by atoms with Crippen molar-refractivity contribution >= 4 is 5.91 Å². The Bertz CT molecular complexity index is 475. The summed E-state index contributed by atoms with van der Waals surface area (Å²) in [5.74, 6) is 0.936. The Hall–Kier alpha value is -1.35. The number of nitrogens with one attached hydrogen (secondary N) is 1. The number of likely N-dealkylation sites (N-methyl/N-ethyl adjacent to an activating group) is 1. The molecule has 1 fully saturated rings. The van der Waals surface area contributed by atoms with Gasteiger partial charge in [-0.25, -0.2) is 0 Å². The van der Waals surface area contributed by atoms with E-state index in [0.29, 0.717) is 12.5 Å². The van der Waals surface area contributed by atoms with Crippen LogP contribution in [0.5, 0.6) is 0 Å². The molecule has 1 saturated carbocycles. The lowest BCUT2D eigenvalue weighted by Gasteiger charge is -2.27. The highest BCUT2D eigenvalue weighted by atomic mass is 16.1. The van der Waals surface area contributed by atoms with Crippen molar-refractivity contribution in [3.8, 4) is 0 Å². The third kappa shape index (κ3) is 4.33. The summed E-state index contributed by atoms with van der Waals surface area (Å²) in [7, 11) is 4.13. The van der Waals surface area contributed by atoms with Crippen LogP contribution in [-0.2, 0) is 4.79 Å². The van der Waals surface area contributed by atoms with Gasteiger partial charge in [-0.1, -0.05) is 49.6 Å². The standard InChI is InChI=1S/C19H30N2O/c1-14-9-11-17(12-10-14)18(21(3)4)13-20-19(22)15(2)16-7-5-6-8-16/h9-12,15-16,18H,5-8,13H2,1-4H3,(H,20,22). The Morgan fingerprint density at radius 2 is 1.82 bits per heavy atom. The maximum Gasteiger partial charge on any atom is 0.223 e. The van der Waals surface area contributed by atoms with E-state index in [1.807, 2.05) is 0 Å². The van der Waals surface area contributed by atoms with E-state index < -0.39 is 0 Å².